The van der Waals surface area contributed by atoms with E-state index in [1.165, 1.54) is 0 Å². The van der Waals surface area contributed by atoms with Crippen LogP contribution in [-0.4, -0.2) is 14.7 Å². The van der Waals surface area contributed by atoms with Crippen LogP contribution in [0.1, 0.15) is 0 Å². The number of nitrogens with two attached hydrogens (primary N) is 1. The van der Waals surface area contributed by atoms with Crippen molar-refractivity contribution < 1.29 is 32.7 Å². The highest BCUT2D eigenvalue weighted by atomic mass is 31.3. The van der Waals surface area contributed by atoms with Crippen molar-refractivity contribution in [3.63, 3.8) is 0 Å². The zero-order chi connectivity index (χ0) is 8.41. The lowest BCUT2D eigenvalue weighted by Crippen LogP contribution is -1.98. The molecule has 0 aromatic carbocycles. The molecule has 0 radical (unpaired) electrons. The largest absolute Gasteiger partial charge is 0.497 e. The molecule has 62 valence electrons. The molecule has 1 unspecified atom stereocenters. The number of hydrogen-bond acceptors (Lipinski definition) is 5. The van der Waals surface area contributed by atoms with E-state index in [0.717, 1.165) is 0 Å². The molecule has 0 aliphatic carbocycles. The summed E-state index contributed by atoms with van der Waals surface area (Å²) in [7, 11) is -9.80. The highest BCUT2D eigenvalue weighted by molar-refractivity contribution is 7.60. The van der Waals surface area contributed by atoms with Crippen molar-refractivity contribution in [3.8, 4) is 0 Å². The fourth-order valence-corrected chi connectivity index (χ4v) is 1.38. The zero-order valence-electron chi connectivity index (χ0n) is 4.45. The number of rotatable bonds is 3. The molecule has 5 N–H and O–H groups in total. The lowest BCUT2D eigenvalue weighted by molar-refractivity contribution is 0.181. The minimum Gasteiger partial charge on any atom is -0.302 e. The first-order valence-electron chi connectivity index (χ1n) is 1.75. The van der Waals surface area contributed by atoms with Crippen LogP contribution in [0.25, 0.3) is 0 Å². The lowest BCUT2D eigenvalue weighted by Gasteiger charge is -2.07. The van der Waals surface area contributed by atoms with Crippen LogP contribution in [0.2, 0.25) is 0 Å². The Balaban J connectivity index is 4.17. The summed E-state index contributed by atoms with van der Waals surface area (Å²) >= 11 is 0. The molecule has 0 aromatic heterocycles. The molecule has 0 spiro atoms. The molecule has 0 aliphatic heterocycles. The quantitative estimate of drug-likeness (QED) is 0.333. The van der Waals surface area contributed by atoms with Crippen LogP contribution in [0.4, 0.5) is 0 Å². The first-order valence-corrected chi connectivity index (χ1v) is 4.77. The van der Waals surface area contributed by atoms with Crippen molar-refractivity contribution in [3.05, 3.63) is 0 Å². The van der Waals surface area contributed by atoms with Gasteiger partial charge in [0.05, 0.1) is 0 Å². The summed E-state index contributed by atoms with van der Waals surface area (Å²) in [4.78, 5) is 24.0. The zero-order valence-corrected chi connectivity index (χ0v) is 6.24. The molecule has 0 fully saturated rings. The van der Waals surface area contributed by atoms with Gasteiger partial charge in [-0.15, -0.1) is 0 Å². The van der Waals surface area contributed by atoms with Crippen molar-refractivity contribution in [2.45, 2.75) is 0 Å². The molecule has 0 rings (SSSR count). The minimum atomic E-state index is -5.02. The van der Waals surface area contributed by atoms with Crippen molar-refractivity contribution in [1.29, 1.82) is 0 Å². The average molecular weight is 193 g/mol. The summed E-state index contributed by atoms with van der Waals surface area (Å²) in [6, 6.07) is 0. The van der Waals surface area contributed by atoms with E-state index in [4.69, 9.17) is 14.7 Å². The molecular formula is H5NO7P2. The average Bonchev–Trinajstić information content (AvgIpc) is 1.60. The van der Waals surface area contributed by atoms with Gasteiger partial charge >= 0.3 is 15.6 Å². The second-order valence-corrected chi connectivity index (χ2v) is 3.93. The highest BCUT2D eigenvalue weighted by Crippen LogP contribution is 2.56. The van der Waals surface area contributed by atoms with Gasteiger partial charge in [0.15, 0.2) is 0 Å². The normalized spacial score (nSPS) is 18.4. The van der Waals surface area contributed by atoms with Gasteiger partial charge in [-0.2, -0.15) is 4.31 Å². The maximum absolute atomic E-state index is 10.1. The van der Waals surface area contributed by atoms with Gasteiger partial charge in [-0.3, -0.25) is 0 Å². The number of hydrogen-bond donors (Lipinski definition) is 4. The minimum absolute atomic E-state index is 3.20. The second-order valence-electron chi connectivity index (χ2n) is 1.15. The number of phosphoric acid groups is 2. The Morgan fingerprint density at radius 3 is 1.70 bits per heavy atom. The van der Waals surface area contributed by atoms with Crippen LogP contribution in [0.3, 0.4) is 0 Å². The third-order valence-electron chi connectivity index (χ3n) is 0.343. The van der Waals surface area contributed by atoms with Gasteiger partial charge in [0, 0.05) is 0 Å². The van der Waals surface area contributed by atoms with Gasteiger partial charge in [-0.25, -0.2) is 19.7 Å². The Morgan fingerprint density at radius 2 is 1.60 bits per heavy atom. The standard InChI is InChI=1S/H5NO7P2/c1-7-10(5,6)8-9(2,3)4/h1H2,(H,5,6)(H2,2,3,4). The van der Waals surface area contributed by atoms with E-state index in [0.29, 0.717) is 0 Å². The summed E-state index contributed by atoms with van der Waals surface area (Å²) in [5, 5.41) is 0. The molecule has 0 aliphatic rings. The van der Waals surface area contributed by atoms with Crippen LogP contribution in [0.15, 0.2) is 0 Å². The van der Waals surface area contributed by atoms with Crippen LogP contribution in [0.5, 0.6) is 0 Å². The Bertz CT molecular complexity index is 190. The molecule has 8 nitrogen and oxygen atoms in total. The molecule has 10 heteroatoms. The molecular weight excluding hydrogens is 188 g/mol. The molecule has 10 heavy (non-hydrogen) atoms. The van der Waals surface area contributed by atoms with Crippen LogP contribution in [0, 0.1) is 0 Å². The van der Waals surface area contributed by atoms with Crippen molar-refractivity contribution >= 4 is 15.6 Å². The van der Waals surface area contributed by atoms with Gasteiger partial charge < -0.3 is 14.7 Å². The second kappa shape index (κ2) is 3.08. The molecule has 0 bridgehead atoms. The first kappa shape index (κ1) is 10.2. The van der Waals surface area contributed by atoms with Gasteiger partial charge in [-0.05, 0) is 0 Å². The summed E-state index contributed by atoms with van der Waals surface area (Å²) in [6.07, 6.45) is 0. The summed E-state index contributed by atoms with van der Waals surface area (Å²) in [5.74, 6) is 4.13. The van der Waals surface area contributed by atoms with E-state index in [9.17, 15) is 9.13 Å². The van der Waals surface area contributed by atoms with Crippen molar-refractivity contribution in [1.82, 2.24) is 0 Å². The topological polar surface area (TPSA) is 139 Å². The summed E-state index contributed by atoms with van der Waals surface area (Å²) in [5.41, 5.74) is 0. The highest BCUT2D eigenvalue weighted by Gasteiger charge is 2.31. The molecule has 0 amide bonds. The smallest absolute Gasteiger partial charge is 0.302 e. The summed E-state index contributed by atoms with van der Waals surface area (Å²) in [6.45, 7) is 0. The monoisotopic (exact) mass is 193 g/mol. The SMILES string of the molecule is NOP(=O)(O)OP(=O)(O)O. The lowest BCUT2D eigenvalue weighted by atomic mass is 13.6. The molecule has 1 atom stereocenters. The molecule has 0 aromatic rings. The fraction of sp³-hybridized carbons (Fsp3) is 0. The van der Waals surface area contributed by atoms with Crippen LogP contribution < -0.4 is 5.90 Å². The van der Waals surface area contributed by atoms with E-state index in [2.05, 4.69) is 14.8 Å². The van der Waals surface area contributed by atoms with E-state index in [1.807, 2.05) is 0 Å². The molecule has 0 saturated carbocycles. The van der Waals surface area contributed by atoms with Crippen molar-refractivity contribution in [2.24, 2.45) is 5.90 Å². The Morgan fingerprint density at radius 1 is 1.20 bits per heavy atom. The third-order valence-corrected chi connectivity index (χ3v) is 2.29. The fourth-order valence-electron chi connectivity index (χ4n) is 0.154. The van der Waals surface area contributed by atoms with Gasteiger partial charge in [0.1, 0.15) is 0 Å². The van der Waals surface area contributed by atoms with E-state index >= 15 is 0 Å². The Kier molecular flexibility index (Phi) is 3.15. The van der Waals surface area contributed by atoms with Crippen molar-refractivity contribution in [2.75, 3.05) is 0 Å². The Hall–Kier alpha value is 0.220. The van der Waals surface area contributed by atoms with Gasteiger partial charge in [0.25, 0.3) is 0 Å². The predicted octanol–water partition coefficient (Wildman–Crippen LogP) is -0.914. The maximum atomic E-state index is 10.1. The van der Waals surface area contributed by atoms with Crippen LogP contribution in [-0.2, 0) is 18.1 Å². The van der Waals surface area contributed by atoms with E-state index < -0.39 is 15.6 Å². The predicted molar refractivity (Wildman–Crippen MR) is 28.2 cm³/mol. The summed E-state index contributed by atoms with van der Waals surface area (Å²) < 4.78 is 26.3. The van der Waals surface area contributed by atoms with Gasteiger partial charge in [0.2, 0.25) is 0 Å². The third kappa shape index (κ3) is 5.04. The molecule has 0 saturated heterocycles. The first-order chi connectivity index (χ1) is 4.27. The van der Waals surface area contributed by atoms with E-state index in [-0.39, 0.29) is 0 Å². The van der Waals surface area contributed by atoms with E-state index in [1.54, 1.807) is 0 Å². The molecule has 0 heterocycles. The maximum Gasteiger partial charge on any atom is 0.497 e. The van der Waals surface area contributed by atoms with Crippen LogP contribution >= 0.6 is 15.6 Å². The van der Waals surface area contributed by atoms with Gasteiger partial charge in [-0.1, -0.05) is 0 Å². The Labute approximate surface area is 55.4 Å².